The SMILES string of the molecule is CC(C)(C)OC(=O)Nc1sc2c(F)ccc(-c3c(Cl)cc4c(N5CC6CCC(C5)N6C(=O)OC(C)(C)C)nc(C[C@]5(CC6(CC(=O)O)CNCCC67CCCCC7)CC5(F)F)nc4c3F)c2c1C#N. The van der Waals surface area contributed by atoms with Crippen LogP contribution in [-0.4, -0.2) is 93.5 Å². The number of nitrogens with zero attached hydrogens (tertiary/aromatic N) is 5. The number of ether oxygens (including phenoxy) is 2. The first-order chi connectivity index (χ1) is 32.4. The molecule has 3 N–H and O–H groups in total. The number of hydrogen-bond donors (Lipinski definition) is 3. The van der Waals surface area contributed by atoms with E-state index in [2.05, 4.69) is 10.6 Å². The van der Waals surface area contributed by atoms with Crippen molar-refractivity contribution in [1.82, 2.24) is 20.2 Å². The Morgan fingerprint density at radius 3 is 2.28 bits per heavy atom. The van der Waals surface area contributed by atoms with Crippen molar-refractivity contribution in [3.8, 4) is 17.2 Å². The first kappa shape index (κ1) is 49.0. The number of alkyl halides is 2. The van der Waals surface area contributed by atoms with Crippen LogP contribution in [0.15, 0.2) is 18.2 Å². The Bertz CT molecular complexity index is 2780. The molecule has 1 spiro atoms. The summed E-state index contributed by atoms with van der Waals surface area (Å²) >= 11 is 7.85. The highest BCUT2D eigenvalue weighted by Gasteiger charge is 2.74. The van der Waals surface area contributed by atoms with Gasteiger partial charge in [0.25, 0.3) is 5.92 Å². The topological polar surface area (TPSA) is 170 Å². The molecule has 2 aromatic heterocycles. The minimum atomic E-state index is -3.20. The van der Waals surface area contributed by atoms with Crippen molar-refractivity contribution in [3.05, 3.63) is 46.2 Å². The van der Waals surface area contributed by atoms with E-state index in [-0.39, 0.29) is 110 Å². The number of carbonyl (C=O) groups excluding carboxylic acids is 2. The number of carboxylic acids is 1. The van der Waals surface area contributed by atoms with Gasteiger partial charge in [0, 0.05) is 54.2 Å². The molecule has 19 heteroatoms. The van der Waals surface area contributed by atoms with Gasteiger partial charge in [0.15, 0.2) is 5.82 Å². The number of fused-ring (bicyclic) bond motifs is 4. The smallest absolute Gasteiger partial charge is 0.412 e. The van der Waals surface area contributed by atoms with Crippen LogP contribution >= 0.6 is 22.9 Å². The fourth-order valence-electron chi connectivity index (χ4n) is 12.2. The molecule has 5 heterocycles. The van der Waals surface area contributed by atoms with E-state index in [9.17, 15) is 24.8 Å². The summed E-state index contributed by atoms with van der Waals surface area (Å²) in [4.78, 5) is 52.5. The maximum absolute atomic E-state index is 18.0. The maximum atomic E-state index is 18.0. The van der Waals surface area contributed by atoms with E-state index in [1.807, 2.05) is 11.0 Å². The van der Waals surface area contributed by atoms with Crippen LogP contribution in [0.5, 0.6) is 0 Å². The van der Waals surface area contributed by atoms with Crippen LogP contribution in [0.1, 0.15) is 124 Å². The molecule has 13 nitrogen and oxygen atoms in total. The van der Waals surface area contributed by atoms with Gasteiger partial charge in [-0.2, -0.15) is 5.26 Å². The van der Waals surface area contributed by atoms with Crippen LogP contribution in [0.3, 0.4) is 0 Å². The van der Waals surface area contributed by atoms with Crippen LogP contribution in [0, 0.1) is 39.2 Å². The van der Waals surface area contributed by atoms with E-state index in [0.717, 1.165) is 49.5 Å². The Balaban J connectivity index is 1.19. The number of thiophene rings is 1. The number of rotatable bonds is 9. The maximum Gasteiger partial charge on any atom is 0.412 e. The molecule has 5 aliphatic rings. The zero-order valence-corrected chi connectivity index (χ0v) is 41.3. The highest BCUT2D eigenvalue weighted by Crippen LogP contribution is 2.71. The van der Waals surface area contributed by atoms with Crippen LogP contribution in [-0.2, 0) is 20.7 Å². The highest BCUT2D eigenvalue weighted by atomic mass is 35.5. The van der Waals surface area contributed by atoms with Gasteiger partial charge in [0.05, 0.1) is 33.8 Å². The summed E-state index contributed by atoms with van der Waals surface area (Å²) in [7, 11) is 0. The molecule has 3 saturated heterocycles. The summed E-state index contributed by atoms with van der Waals surface area (Å²) in [5.41, 5.74) is -5.45. The van der Waals surface area contributed by atoms with Crippen molar-refractivity contribution in [2.24, 2.45) is 16.2 Å². The lowest BCUT2D eigenvalue weighted by Gasteiger charge is -2.57. The molecule has 2 aliphatic carbocycles. The molecule has 0 radical (unpaired) electrons. The lowest BCUT2D eigenvalue weighted by molar-refractivity contribution is -0.148. The predicted molar refractivity (Wildman–Crippen MR) is 255 cm³/mol. The van der Waals surface area contributed by atoms with Crippen molar-refractivity contribution >= 4 is 72.9 Å². The number of nitrogens with one attached hydrogen (secondary N) is 2. The van der Waals surface area contributed by atoms with Gasteiger partial charge in [-0.15, -0.1) is 11.3 Å². The minimum Gasteiger partial charge on any atom is -0.481 e. The Morgan fingerprint density at radius 1 is 1.00 bits per heavy atom. The molecule has 2 amide bonds. The molecule has 9 rings (SSSR count). The number of aliphatic carboxylic acids is 1. The zero-order valence-electron chi connectivity index (χ0n) is 39.7. The number of aromatic nitrogens is 2. The van der Waals surface area contributed by atoms with Gasteiger partial charge in [-0.1, -0.05) is 36.9 Å². The monoisotopic (exact) mass is 995 g/mol. The second kappa shape index (κ2) is 17.4. The summed E-state index contributed by atoms with van der Waals surface area (Å²) in [5, 5.41) is 26.8. The molecule has 5 fully saturated rings. The van der Waals surface area contributed by atoms with E-state index in [1.54, 1.807) is 46.4 Å². The van der Waals surface area contributed by atoms with Gasteiger partial charge in [0.1, 0.15) is 45.2 Å². The van der Waals surface area contributed by atoms with Crippen molar-refractivity contribution in [2.75, 3.05) is 36.4 Å². The Morgan fingerprint density at radius 2 is 1.67 bits per heavy atom. The minimum absolute atomic E-state index is 0.0175. The van der Waals surface area contributed by atoms with E-state index in [1.165, 1.54) is 12.1 Å². The number of anilines is 2. The average molecular weight is 997 g/mol. The molecule has 370 valence electrons. The molecular formula is C50H58ClF4N7O6S. The van der Waals surface area contributed by atoms with Gasteiger partial charge in [-0.05, 0) is 115 Å². The number of halogens is 5. The Kier molecular flexibility index (Phi) is 12.4. The molecule has 3 aliphatic heterocycles. The molecular weight excluding hydrogens is 938 g/mol. The van der Waals surface area contributed by atoms with E-state index in [0.29, 0.717) is 25.8 Å². The molecule has 4 aromatic rings. The summed E-state index contributed by atoms with van der Waals surface area (Å²) in [6, 6.07) is 5.28. The van der Waals surface area contributed by atoms with E-state index >= 15 is 17.6 Å². The summed E-state index contributed by atoms with van der Waals surface area (Å²) < 4.78 is 77.7. The number of carboxylic acid groups (broad SMARTS) is 1. The van der Waals surface area contributed by atoms with Crippen molar-refractivity contribution in [1.29, 1.82) is 5.26 Å². The number of piperazine rings is 1. The van der Waals surface area contributed by atoms with E-state index < -0.39 is 69.6 Å². The molecule has 69 heavy (non-hydrogen) atoms. The fraction of sp³-hybridized carbons (Fsp3) is 0.600. The van der Waals surface area contributed by atoms with Gasteiger partial charge >= 0.3 is 18.2 Å². The lowest BCUT2D eigenvalue weighted by atomic mass is 9.50. The van der Waals surface area contributed by atoms with Gasteiger partial charge in [0.2, 0.25) is 0 Å². The van der Waals surface area contributed by atoms with Crippen LogP contribution in [0.25, 0.3) is 32.1 Å². The van der Waals surface area contributed by atoms with Gasteiger partial charge in [-0.25, -0.2) is 37.1 Å². The molecule has 4 atom stereocenters. The van der Waals surface area contributed by atoms with Gasteiger partial charge in [-0.3, -0.25) is 15.0 Å². The van der Waals surface area contributed by atoms with Crippen molar-refractivity contribution < 1.29 is 46.5 Å². The second-order valence-electron chi connectivity index (χ2n) is 22.1. The summed E-state index contributed by atoms with van der Waals surface area (Å²) in [6.07, 6.45) is 3.62. The van der Waals surface area contributed by atoms with Crippen LogP contribution in [0.2, 0.25) is 5.02 Å². The third-order valence-electron chi connectivity index (χ3n) is 15.1. The Labute approximate surface area is 407 Å². The number of hydrogen-bond acceptors (Lipinski definition) is 11. The summed E-state index contributed by atoms with van der Waals surface area (Å²) in [6.45, 7) is 11.8. The number of nitriles is 1. The average Bonchev–Trinajstić information content (AvgIpc) is 3.44. The van der Waals surface area contributed by atoms with Crippen LogP contribution in [0.4, 0.5) is 38.0 Å². The molecule has 2 bridgehead atoms. The number of amides is 2. The largest absolute Gasteiger partial charge is 0.481 e. The Hall–Kier alpha value is -4.99. The van der Waals surface area contributed by atoms with Crippen LogP contribution < -0.4 is 15.5 Å². The third kappa shape index (κ3) is 8.94. The predicted octanol–water partition coefficient (Wildman–Crippen LogP) is 11.6. The third-order valence-corrected chi connectivity index (χ3v) is 16.5. The van der Waals surface area contributed by atoms with Crippen molar-refractivity contribution in [3.63, 3.8) is 0 Å². The van der Waals surface area contributed by atoms with Crippen molar-refractivity contribution in [2.45, 2.75) is 148 Å². The summed E-state index contributed by atoms with van der Waals surface area (Å²) in [5.74, 6) is -5.81. The number of carbonyl (C=O) groups is 3. The second-order valence-corrected chi connectivity index (χ2v) is 23.5. The lowest BCUT2D eigenvalue weighted by Crippen LogP contribution is -2.57. The first-order valence-electron chi connectivity index (χ1n) is 23.8. The number of benzene rings is 2. The molecule has 2 aromatic carbocycles. The fourth-order valence-corrected chi connectivity index (χ4v) is 13.6. The number of piperidine rings is 1. The van der Waals surface area contributed by atoms with E-state index in [4.69, 9.17) is 31.0 Å². The highest BCUT2D eigenvalue weighted by molar-refractivity contribution is 7.23. The standard InChI is InChI=1S/C50H58ClF4N7O6S/c1-45(2,3)67-43(65)60-42-31(21-56)36-29(12-13-33(52)40(36)69-42)37-32(51)18-30-39(38(37)53)58-34(59-41(30)61-22-27-10-11-28(23-61)62(27)44(66)68-46(4,5)6)19-48(25-50(48,54)55)24-49(20-35(63)64)26-57-17-16-47(49)14-8-7-9-15-47/h12-13,18,27-28,57H,7-11,14-17,19-20,22-26H2,1-6H3,(H,60,65)(H,63,64)/t27?,28?,48-,49?/m0/s1. The quantitative estimate of drug-likeness (QED) is 0.136. The first-order valence-corrected chi connectivity index (χ1v) is 25.0. The molecule has 2 saturated carbocycles. The van der Waals surface area contributed by atoms with Gasteiger partial charge < -0.3 is 24.8 Å². The zero-order chi connectivity index (χ0) is 49.6. The molecule has 3 unspecified atom stereocenters. The normalized spacial score (nSPS) is 25.2.